The molecule has 4 unspecified atom stereocenters. The molecule has 1 saturated carbocycles. The van der Waals surface area contributed by atoms with Gasteiger partial charge >= 0.3 is 0 Å². The fourth-order valence-electron chi connectivity index (χ4n) is 3.84. The summed E-state index contributed by atoms with van der Waals surface area (Å²) in [6.07, 6.45) is 7.43. The third-order valence-electron chi connectivity index (χ3n) is 4.88. The third-order valence-corrected chi connectivity index (χ3v) is 4.88. The van der Waals surface area contributed by atoms with Gasteiger partial charge in [0.1, 0.15) is 0 Å². The number of amides is 1. The number of hydrogen-bond acceptors (Lipinski definition) is 3. The van der Waals surface area contributed by atoms with E-state index in [2.05, 4.69) is 4.90 Å². The zero-order valence-electron chi connectivity index (χ0n) is 11.0. The van der Waals surface area contributed by atoms with E-state index >= 15 is 0 Å². The maximum atomic E-state index is 12.7. The number of rotatable bonds is 2. The first-order valence-electron chi connectivity index (χ1n) is 7.42. The van der Waals surface area contributed by atoms with E-state index in [1.165, 1.54) is 12.8 Å². The topological polar surface area (TPSA) is 55.6 Å². The van der Waals surface area contributed by atoms with Crippen molar-refractivity contribution in [2.24, 2.45) is 17.6 Å². The molecule has 4 atom stereocenters. The van der Waals surface area contributed by atoms with E-state index in [1.54, 1.807) is 0 Å². The molecule has 0 aromatic heterocycles. The van der Waals surface area contributed by atoms with Crippen LogP contribution >= 0.6 is 0 Å². The van der Waals surface area contributed by atoms with Crippen LogP contribution in [0.5, 0.6) is 0 Å². The lowest BCUT2D eigenvalue weighted by Gasteiger charge is -2.38. The minimum absolute atomic E-state index is 0.182. The van der Waals surface area contributed by atoms with Crippen molar-refractivity contribution < 1.29 is 9.53 Å². The molecule has 2 aliphatic heterocycles. The highest BCUT2D eigenvalue weighted by molar-refractivity contribution is 5.79. The largest absolute Gasteiger partial charge is 0.371 e. The molecule has 2 bridgehead atoms. The molecule has 18 heavy (non-hydrogen) atoms. The molecular weight excluding hydrogens is 228 g/mol. The van der Waals surface area contributed by atoms with Crippen LogP contribution in [0.4, 0.5) is 0 Å². The SMILES string of the molecule is NCC1CCCCC1C(=O)N1CC2CCC(C1)O2. The Morgan fingerprint density at radius 3 is 2.44 bits per heavy atom. The molecule has 2 heterocycles. The first-order chi connectivity index (χ1) is 8.78. The Labute approximate surface area is 109 Å². The number of carbonyl (C=O) groups excluding carboxylic acids is 1. The number of fused-ring (bicyclic) bond motifs is 2. The molecule has 1 amide bonds. The Morgan fingerprint density at radius 2 is 1.78 bits per heavy atom. The van der Waals surface area contributed by atoms with Crippen molar-refractivity contribution in [2.75, 3.05) is 19.6 Å². The van der Waals surface area contributed by atoms with Gasteiger partial charge in [0.2, 0.25) is 5.91 Å². The van der Waals surface area contributed by atoms with Crippen molar-refractivity contribution in [3.63, 3.8) is 0 Å². The lowest BCUT2D eigenvalue weighted by Crippen LogP contribution is -2.50. The van der Waals surface area contributed by atoms with E-state index in [9.17, 15) is 4.79 Å². The lowest BCUT2D eigenvalue weighted by molar-refractivity contribution is -0.147. The number of ether oxygens (including phenoxy) is 1. The van der Waals surface area contributed by atoms with Crippen LogP contribution in [0.15, 0.2) is 0 Å². The summed E-state index contributed by atoms with van der Waals surface area (Å²) >= 11 is 0. The van der Waals surface area contributed by atoms with Gasteiger partial charge in [-0.05, 0) is 38.1 Å². The zero-order valence-corrected chi connectivity index (χ0v) is 11.0. The average Bonchev–Trinajstić information content (AvgIpc) is 2.76. The normalized spacial score (nSPS) is 39.9. The molecule has 3 rings (SSSR count). The van der Waals surface area contributed by atoms with E-state index in [0.717, 1.165) is 38.8 Å². The van der Waals surface area contributed by atoms with Gasteiger partial charge in [0.15, 0.2) is 0 Å². The van der Waals surface area contributed by atoms with Crippen molar-refractivity contribution in [1.82, 2.24) is 4.90 Å². The maximum absolute atomic E-state index is 12.7. The van der Waals surface area contributed by atoms with Crippen molar-refractivity contribution in [2.45, 2.75) is 50.7 Å². The second-order valence-electron chi connectivity index (χ2n) is 6.09. The Morgan fingerprint density at radius 1 is 1.11 bits per heavy atom. The van der Waals surface area contributed by atoms with Gasteiger partial charge in [-0.1, -0.05) is 12.8 Å². The van der Waals surface area contributed by atoms with E-state index in [0.29, 0.717) is 30.6 Å². The Kier molecular flexibility index (Phi) is 3.57. The first-order valence-corrected chi connectivity index (χ1v) is 7.42. The second kappa shape index (κ2) is 5.17. The van der Waals surface area contributed by atoms with Crippen LogP contribution in [0.3, 0.4) is 0 Å². The molecular formula is C14H24N2O2. The zero-order chi connectivity index (χ0) is 12.5. The van der Waals surface area contributed by atoms with E-state index < -0.39 is 0 Å². The summed E-state index contributed by atoms with van der Waals surface area (Å²) in [5, 5.41) is 0. The highest BCUT2D eigenvalue weighted by atomic mass is 16.5. The van der Waals surface area contributed by atoms with Crippen LogP contribution in [0.1, 0.15) is 38.5 Å². The second-order valence-corrected chi connectivity index (χ2v) is 6.09. The summed E-state index contributed by atoms with van der Waals surface area (Å²) in [4.78, 5) is 14.7. The Balaban J connectivity index is 1.66. The quantitative estimate of drug-likeness (QED) is 0.802. The van der Waals surface area contributed by atoms with E-state index in [4.69, 9.17) is 10.5 Å². The molecule has 3 aliphatic rings. The predicted octanol–water partition coefficient (Wildman–Crippen LogP) is 1.14. The molecule has 3 fully saturated rings. The molecule has 4 heteroatoms. The number of morpholine rings is 1. The van der Waals surface area contributed by atoms with Crippen molar-refractivity contribution in [3.05, 3.63) is 0 Å². The van der Waals surface area contributed by atoms with Crippen molar-refractivity contribution in [1.29, 1.82) is 0 Å². The summed E-state index contributed by atoms with van der Waals surface area (Å²) in [6, 6.07) is 0. The molecule has 2 N–H and O–H groups in total. The number of likely N-dealkylation sites (tertiary alicyclic amines) is 1. The number of nitrogens with zero attached hydrogens (tertiary/aromatic N) is 1. The van der Waals surface area contributed by atoms with Crippen LogP contribution in [0, 0.1) is 11.8 Å². The Hall–Kier alpha value is -0.610. The average molecular weight is 252 g/mol. The van der Waals surface area contributed by atoms with Crippen molar-refractivity contribution in [3.8, 4) is 0 Å². The van der Waals surface area contributed by atoms with Crippen LogP contribution in [-0.4, -0.2) is 42.6 Å². The maximum Gasteiger partial charge on any atom is 0.226 e. The van der Waals surface area contributed by atoms with Gasteiger partial charge in [-0.15, -0.1) is 0 Å². The fourth-order valence-corrected chi connectivity index (χ4v) is 3.84. The first kappa shape index (κ1) is 12.4. The number of hydrogen-bond donors (Lipinski definition) is 1. The highest BCUT2D eigenvalue weighted by Crippen LogP contribution is 2.33. The van der Waals surface area contributed by atoms with Gasteiger partial charge < -0.3 is 15.4 Å². The lowest BCUT2D eigenvalue weighted by atomic mass is 9.78. The van der Waals surface area contributed by atoms with Gasteiger partial charge in [0.05, 0.1) is 12.2 Å². The summed E-state index contributed by atoms with van der Waals surface area (Å²) < 4.78 is 5.80. The summed E-state index contributed by atoms with van der Waals surface area (Å²) in [7, 11) is 0. The van der Waals surface area contributed by atoms with Crippen LogP contribution in [0.2, 0.25) is 0 Å². The van der Waals surface area contributed by atoms with Crippen LogP contribution < -0.4 is 5.73 Å². The highest BCUT2D eigenvalue weighted by Gasteiger charge is 2.39. The molecule has 0 aromatic rings. The van der Waals surface area contributed by atoms with Crippen LogP contribution in [0.25, 0.3) is 0 Å². The van der Waals surface area contributed by atoms with Gasteiger partial charge in [-0.3, -0.25) is 4.79 Å². The summed E-state index contributed by atoms with van der Waals surface area (Å²) in [5.41, 5.74) is 5.83. The van der Waals surface area contributed by atoms with Gasteiger partial charge in [-0.2, -0.15) is 0 Å². The smallest absolute Gasteiger partial charge is 0.226 e. The van der Waals surface area contributed by atoms with Crippen LogP contribution in [-0.2, 0) is 9.53 Å². The van der Waals surface area contributed by atoms with Gasteiger partial charge in [-0.25, -0.2) is 0 Å². The molecule has 0 aromatic carbocycles. The summed E-state index contributed by atoms with van der Waals surface area (Å²) in [6.45, 7) is 2.28. The Bertz CT molecular complexity index is 309. The fraction of sp³-hybridized carbons (Fsp3) is 0.929. The molecule has 0 radical (unpaired) electrons. The van der Waals surface area contributed by atoms with Gasteiger partial charge in [0.25, 0.3) is 0 Å². The standard InChI is InChI=1S/C14H24N2O2/c15-7-10-3-1-2-4-13(10)14(17)16-8-11-5-6-12(9-16)18-11/h10-13H,1-9,15H2. The summed E-state index contributed by atoms with van der Waals surface area (Å²) in [5.74, 6) is 0.943. The minimum Gasteiger partial charge on any atom is -0.371 e. The van der Waals surface area contributed by atoms with Crippen molar-refractivity contribution >= 4 is 5.91 Å². The monoisotopic (exact) mass is 252 g/mol. The van der Waals surface area contributed by atoms with E-state index in [-0.39, 0.29) is 5.92 Å². The molecule has 1 aliphatic carbocycles. The molecule has 0 spiro atoms. The number of carbonyl (C=O) groups is 1. The molecule has 2 saturated heterocycles. The minimum atomic E-state index is 0.182. The predicted molar refractivity (Wildman–Crippen MR) is 69.0 cm³/mol. The number of nitrogens with two attached hydrogens (primary N) is 1. The van der Waals surface area contributed by atoms with E-state index in [1.807, 2.05) is 0 Å². The molecule has 102 valence electrons. The van der Waals surface area contributed by atoms with Gasteiger partial charge in [0, 0.05) is 19.0 Å². The molecule has 4 nitrogen and oxygen atoms in total. The third kappa shape index (κ3) is 2.28.